The standard InChI is InChI=1S/C31H42N4O2/c1-37-30-10-7-24(6-5-17-33-15-3-2-4-16-33)22-26(30)11-18-34-19-13-28(14-20-34)35-21-12-25-8-9-27(31(32)36)23-29(25)35/h7-10,12,21-23,28H,2-6,11,13-20H2,1H3,(H2,32,36). The van der Waals surface area contributed by atoms with Crippen LogP contribution in [0.25, 0.3) is 10.9 Å². The van der Waals surface area contributed by atoms with Crippen molar-refractivity contribution in [2.75, 3.05) is 46.4 Å². The van der Waals surface area contributed by atoms with Gasteiger partial charge in [-0.3, -0.25) is 4.79 Å². The molecule has 6 nitrogen and oxygen atoms in total. The Morgan fingerprint density at radius 3 is 2.46 bits per heavy atom. The van der Waals surface area contributed by atoms with E-state index in [4.69, 9.17) is 10.5 Å². The Balaban J connectivity index is 1.14. The Kier molecular flexibility index (Phi) is 8.47. The number of piperidine rings is 2. The molecule has 1 aromatic heterocycles. The fourth-order valence-electron chi connectivity index (χ4n) is 6.19. The zero-order chi connectivity index (χ0) is 25.6. The van der Waals surface area contributed by atoms with Crippen molar-refractivity contribution in [1.82, 2.24) is 14.4 Å². The quantitative estimate of drug-likeness (QED) is 0.422. The third-order valence-corrected chi connectivity index (χ3v) is 8.39. The molecule has 2 saturated heterocycles. The number of hydrogen-bond acceptors (Lipinski definition) is 4. The van der Waals surface area contributed by atoms with E-state index >= 15 is 0 Å². The molecule has 6 heteroatoms. The zero-order valence-corrected chi connectivity index (χ0v) is 22.3. The van der Waals surface area contributed by atoms with Crippen LogP contribution in [0.2, 0.25) is 0 Å². The first-order chi connectivity index (χ1) is 18.1. The van der Waals surface area contributed by atoms with Crippen molar-refractivity contribution < 1.29 is 9.53 Å². The van der Waals surface area contributed by atoms with Crippen LogP contribution in [0.4, 0.5) is 0 Å². The van der Waals surface area contributed by atoms with Crippen LogP contribution in [0, 0.1) is 0 Å². The molecule has 2 aliphatic rings. The maximum absolute atomic E-state index is 11.7. The lowest BCUT2D eigenvalue weighted by molar-refractivity contribution is 0.100. The molecular formula is C31H42N4O2. The first kappa shape index (κ1) is 25.8. The number of hydrogen-bond donors (Lipinski definition) is 1. The molecule has 0 aliphatic carbocycles. The van der Waals surface area contributed by atoms with Gasteiger partial charge in [-0.25, -0.2) is 0 Å². The summed E-state index contributed by atoms with van der Waals surface area (Å²) in [4.78, 5) is 16.9. The van der Waals surface area contributed by atoms with Gasteiger partial charge in [-0.2, -0.15) is 0 Å². The maximum atomic E-state index is 11.7. The summed E-state index contributed by atoms with van der Waals surface area (Å²) in [6.07, 6.45) is 11.9. The van der Waals surface area contributed by atoms with Gasteiger partial charge < -0.3 is 24.8 Å². The summed E-state index contributed by atoms with van der Waals surface area (Å²) in [5, 5.41) is 1.16. The van der Waals surface area contributed by atoms with Crippen molar-refractivity contribution >= 4 is 16.8 Å². The van der Waals surface area contributed by atoms with Crippen LogP contribution >= 0.6 is 0 Å². The number of aryl methyl sites for hydroxylation is 1. The molecule has 2 N–H and O–H groups in total. The third kappa shape index (κ3) is 6.36. The molecule has 0 saturated carbocycles. The van der Waals surface area contributed by atoms with Gasteiger partial charge >= 0.3 is 0 Å². The molecule has 0 radical (unpaired) electrons. The molecular weight excluding hydrogens is 460 g/mol. The number of rotatable bonds is 10. The highest BCUT2D eigenvalue weighted by Gasteiger charge is 2.22. The monoisotopic (exact) mass is 502 g/mol. The molecule has 198 valence electrons. The van der Waals surface area contributed by atoms with Crippen molar-refractivity contribution in [1.29, 1.82) is 0 Å². The van der Waals surface area contributed by atoms with Crippen LogP contribution in [-0.2, 0) is 12.8 Å². The van der Waals surface area contributed by atoms with E-state index in [1.54, 1.807) is 7.11 Å². The summed E-state index contributed by atoms with van der Waals surface area (Å²) >= 11 is 0. The molecule has 2 fully saturated rings. The Morgan fingerprint density at radius 2 is 1.70 bits per heavy atom. The third-order valence-electron chi connectivity index (χ3n) is 8.39. The number of carbonyl (C=O) groups is 1. The number of methoxy groups -OCH3 is 1. The van der Waals surface area contributed by atoms with Crippen LogP contribution < -0.4 is 10.5 Å². The molecule has 3 aromatic rings. The number of ether oxygens (including phenoxy) is 1. The molecule has 0 unspecified atom stereocenters. The van der Waals surface area contributed by atoms with Gasteiger partial charge in [-0.05, 0) is 105 Å². The fourth-order valence-corrected chi connectivity index (χ4v) is 6.19. The molecule has 37 heavy (non-hydrogen) atoms. The molecule has 5 rings (SSSR count). The first-order valence-electron chi connectivity index (χ1n) is 14.1. The number of carbonyl (C=O) groups excluding carboxylic acids is 1. The van der Waals surface area contributed by atoms with Crippen molar-refractivity contribution in [3.63, 3.8) is 0 Å². The van der Waals surface area contributed by atoms with E-state index in [0.717, 1.165) is 62.0 Å². The van der Waals surface area contributed by atoms with Crippen molar-refractivity contribution in [2.45, 2.75) is 57.4 Å². The number of benzene rings is 2. The molecule has 2 aromatic carbocycles. The lowest BCUT2D eigenvalue weighted by atomic mass is 10.0. The van der Waals surface area contributed by atoms with E-state index in [1.165, 1.54) is 56.4 Å². The number of nitrogens with two attached hydrogens (primary N) is 1. The highest BCUT2D eigenvalue weighted by molar-refractivity contribution is 5.97. The smallest absolute Gasteiger partial charge is 0.248 e. The minimum absolute atomic E-state index is 0.369. The van der Waals surface area contributed by atoms with Crippen LogP contribution in [0.3, 0.4) is 0 Å². The van der Waals surface area contributed by atoms with E-state index in [0.29, 0.717) is 11.6 Å². The van der Waals surface area contributed by atoms with Gasteiger partial charge in [0.2, 0.25) is 5.91 Å². The number of primary amides is 1. The van der Waals surface area contributed by atoms with Gasteiger partial charge in [0, 0.05) is 43.0 Å². The van der Waals surface area contributed by atoms with E-state index in [1.807, 2.05) is 18.2 Å². The second-order valence-electron chi connectivity index (χ2n) is 10.8. The number of nitrogens with zero attached hydrogens (tertiary/aromatic N) is 3. The van der Waals surface area contributed by atoms with E-state index in [2.05, 4.69) is 44.8 Å². The van der Waals surface area contributed by atoms with Crippen LogP contribution in [0.1, 0.15) is 66.1 Å². The predicted molar refractivity (Wildman–Crippen MR) is 150 cm³/mol. The topological polar surface area (TPSA) is 63.7 Å². The van der Waals surface area contributed by atoms with Crippen LogP contribution in [-0.4, -0.2) is 66.7 Å². The summed E-state index contributed by atoms with van der Waals surface area (Å²) in [5.41, 5.74) is 9.97. The first-order valence-corrected chi connectivity index (χ1v) is 14.1. The molecule has 0 bridgehead atoms. The van der Waals surface area contributed by atoms with Gasteiger partial charge in [0.15, 0.2) is 0 Å². The van der Waals surface area contributed by atoms with Crippen molar-refractivity contribution in [3.8, 4) is 5.75 Å². The van der Waals surface area contributed by atoms with Crippen LogP contribution in [0.5, 0.6) is 5.75 Å². The van der Waals surface area contributed by atoms with Crippen LogP contribution in [0.15, 0.2) is 48.7 Å². The van der Waals surface area contributed by atoms with Crippen molar-refractivity contribution in [2.24, 2.45) is 5.73 Å². The lowest BCUT2D eigenvalue weighted by Crippen LogP contribution is -2.35. The zero-order valence-electron chi connectivity index (χ0n) is 22.3. The minimum Gasteiger partial charge on any atom is -0.496 e. The molecule has 0 spiro atoms. The highest BCUT2D eigenvalue weighted by Crippen LogP contribution is 2.29. The second-order valence-corrected chi connectivity index (χ2v) is 10.8. The number of fused-ring (bicyclic) bond motifs is 1. The molecule has 0 atom stereocenters. The Morgan fingerprint density at radius 1 is 0.919 bits per heavy atom. The number of aromatic nitrogens is 1. The van der Waals surface area contributed by atoms with E-state index < -0.39 is 0 Å². The van der Waals surface area contributed by atoms with E-state index in [-0.39, 0.29) is 5.91 Å². The summed E-state index contributed by atoms with van der Waals surface area (Å²) in [5.74, 6) is 0.643. The molecule has 2 aliphatic heterocycles. The van der Waals surface area contributed by atoms with Gasteiger partial charge in [0.25, 0.3) is 0 Å². The van der Waals surface area contributed by atoms with Gasteiger partial charge in [-0.15, -0.1) is 0 Å². The molecule has 1 amide bonds. The summed E-state index contributed by atoms with van der Waals surface area (Å²) < 4.78 is 8.05. The van der Waals surface area contributed by atoms with E-state index in [9.17, 15) is 4.79 Å². The Labute approximate surface area is 221 Å². The Bertz CT molecular complexity index is 1190. The predicted octanol–water partition coefficient (Wildman–Crippen LogP) is 5.05. The summed E-state index contributed by atoms with van der Waals surface area (Å²) in [7, 11) is 1.78. The largest absolute Gasteiger partial charge is 0.496 e. The highest BCUT2D eigenvalue weighted by atomic mass is 16.5. The Hall–Kier alpha value is -2.83. The minimum atomic E-state index is -0.369. The SMILES string of the molecule is COc1ccc(CCCN2CCCCC2)cc1CCN1CCC(n2ccc3ccc(C(N)=O)cc32)CC1. The number of likely N-dealkylation sites (tertiary alicyclic amines) is 2. The average Bonchev–Trinajstić information content (AvgIpc) is 3.36. The summed E-state index contributed by atoms with van der Waals surface area (Å²) in [6, 6.07) is 15.1. The van der Waals surface area contributed by atoms with Gasteiger partial charge in [-0.1, -0.05) is 24.6 Å². The van der Waals surface area contributed by atoms with Gasteiger partial charge in [0.05, 0.1) is 7.11 Å². The summed E-state index contributed by atoms with van der Waals surface area (Å²) in [6.45, 7) is 6.99. The average molecular weight is 503 g/mol. The molecule has 3 heterocycles. The van der Waals surface area contributed by atoms with Gasteiger partial charge in [0.1, 0.15) is 5.75 Å². The fraction of sp³-hybridized carbons (Fsp3) is 0.516. The second kappa shape index (κ2) is 12.1. The normalized spacial score (nSPS) is 17.9. The number of amides is 1. The maximum Gasteiger partial charge on any atom is 0.248 e. The van der Waals surface area contributed by atoms with Crippen molar-refractivity contribution in [3.05, 3.63) is 65.4 Å². The lowest BCUT2D eigenvalue weighted by Gasteiger charge is -2.33.